The van der Waals surface area contributed by atoms with Gasteiger partial charge in [-0.1, -0.05) is 17.7 Å². The zero-order valence-electron chi connectivity index (χ0n) is 11.2. The van der Waals surface area contributed by atoms with Gasteiger partial charge in [-0.05, 0) is 31.2 Å². The Morgan fingerprint density at radius 1 is 0.947 bits per heavy atom. The molecule has 0 spiro atoms. The third-order valence-corrected chi connectivity index (χ3v) is 4.22. The van der Waals surface area contributed by atoms with Crippen LogP contribution in [0.2, 0.25) is 0 Å². The van der Waals surface area contributed by atoms with E-state index in [1.54, 1.807) is 32.4 Å². The fraction of sp³-hybridized carbons (Fsp3) is 0.200. The molecule has 4 heteroatoms. The van der Waals surface area contributed by atoms with Crippen molar-refractivity contribution in [1.29, 1.82) is 0 Å². The minimum Gasteiger partial charge on any atom is -0.497 e. The van der Waals surface area contributed by atoms with Crippen LogP contribution in [0.3, 0.4) is 0 Å². The van der Waals surface area contributed by atoms with E-state index < -0.39 is 10.8 Å². The van der Waals surface area contributed by atoms with Crippen LogP contribution >= 0.6 is 0 Å². The summed E-state index contributed by atoms with van der Waals surface area (Å²) in [7, 11) is 1.87. The molecule has 19 heavy (non-hydrogen) atoms. The molecule has 0 fully saturated rings. The van der Waals surface area contributed by atoms with Crippen molar-refractivity contribution in [2.75, 3.05) is 14.2 Å². The van der Waals surface area contributed by atoms with Gasteiger partial charge in [0.15, 0.2) is 0 Å². The standard InChI is InChI=1S/C15H16O3S/c1-11-4-7-13(8-5-11)19(16)15-10-12(17-2)6-9-14(15)18-3/h4-10H,1-3H3. The van der Waals surface area contributed by atoms with E-state index in [4.69, 9.17) is 9.47 Å². The van der Waals surface area contributed by atoms with Crippen LogP contribution < -0.4 is 9.47 Å². The Hall–Kier alpha value is -1.81. The third kappa shape index (κ3) is 2.96. The first-order valence-electron chi connectivity index (χ1n) is 5.86. The number of methoxy groups -OCH3 is 2. The predicted molar refractivity (Wildman–Crippen MR) is 75.4 cm³/mol. The van der Waals surface area contributed by atoms with E-state index >= 15 is 0 Å². The normalized spacial score (nSPS) is 11.9. The molecule has 0 saturated carbocycles. The Labute approximate surface area is 115 Å². The summed E-state index contributed by atoms with van der Waals surface area (Å²) in [5.41, 5.74) is 1.14. The van der Waals surface area contributed by atoms with Gasteiger partial charge in [-0.15, -0.1) is 0 Å². The molecule has 0 radical (unpaired) electrons. The summed E-state index contributed by atoms with van der Waals surface area (Å²) in [6.07, 6.45) is 0. The quantitative estimate of drug-likeness (QED) is 0.860. The van der Waals surface area contributed by atoms with Gasteiger partial charge in [0.05, 0.1) is 29.9 Å². The van der Waals surface area contributed by atoms with Crippen LogP contribution in [-0.4, -0.2) is 18.4 Å². The SMILES string of the molecule is COc1ccc(OC)c(S(=O)c2ccc(C)cc2)c1. The fourth-order valence-electron chi connectivity index (χ4n) is 1.72. The number of ether oxygens (including phenoxy) is 2. The highest BCUT2D eigenvalue weighted by Gasteiger charge is 2.14. The van der Waals surface area contributed by atoms with E-state index in [0.29, 0.717) is 16.4 Å². The lowest BCUT2D eigenvalue weighted by Gasteiger charge is -2.10. The van der Waals surface area contributed by atoms with Gasteiger partial charge in [-0.25, -0.2) is 4.21 Å². The first-order valence-corrected chi connectivity index (χ1v) is 7.01. The van der Waals surface area contributed by atoms with Gasteiger partial charge in [0.1, 0.15) is 11.5 Å². The molecule has 1 atom stereocenters. The van der Waals surface area contributed by atoms with E-state index in [2.05, 4.69) is 0 Å². The summed E-state index contributed by atoms with van der Waals surface area (Å²) in [5.74, 6) is 1.26. The molecule has 2 rings (SSSR count). The molecule has 2 aromatic carbocycles. The Morgan fingerprint density at radius 3 is 2.21 bits per heavy atom. The van der Waals surface area contributed by atoms with Crippen molar-refractivity contribution in [2.24, 2.45) is 0 Å². The molecule has 100 valence electrons. The van der Waals surface area contributed by atoms with Crippen molar-refractivity contribution >= 4 is 10.8 Å². The number of benzene rings is 2. The van der Waals surface area contributed by atoms with Crippen molar-refractivity contribution in [3.63, 3.8) is 0 Å². The average molecular weight is 276 g/mol. The Morgan fingerprint density at radius 2 is 1.63 bits per heavy atom. The van der Waals surface area contributed by atoms with Crippen LogP contribution in [0.1, 0.15) is 5.56 Å². The zero-order valence-corrected chi connectivity index (χ0v) is 12.0. The number of hydrogen-bond acceptors (Lipinski definition) is 3. The molecular weight excluding hydrogens is 260 g/mol. The van der Waals surface area contributed by atoms with Crippen LogP contribution in [0.5, 0.6) is 11.5 Å². The molecular formula is C15H16O3S. The smallest absolute Gasteiger partial charge is 0.135 e. The van der Waals surface area contributed by atoms with Crippen LogP contribution in [-0.2, 0) is 10.8 Å². The van der Waals surface area contributed by atoms with E-state index in [-0.39, 0.29) is 0 Å². The topological polar surface area (TPSA) is 35.5 Å². The molecule has 0 saturated heterocycles. The lowest BCUT2D eigenvalue weighted by Crippen LogP contribution is -1.98. The molecule has 0 heterocycles. The summed E-state index contributed by atoms with van der Waals surface area (Å²) in [6.45, 7) is 2.00. The maximum atomic E-state index is 12.6. The summed E-state index contributed by atoms with van der Waals surface area (Å²) in [6, 6.07) is 12.9. The van der Waals surface area contributed by atoms with Crippen LogP contribution in [0, 0.1) is 6.92 Å². The molecule has 0 aliphatic rings. The largest absolute Gasteiger partial charge is 0.497 e. The number of aryl methyl sites for hydroxylation is 1. The maximum Gasteiger partial charge on any atom is 0.135 e. The maximum absolute atomic E-state index is 12.6. The van der Waals surface area contributed by atoms with E-state index in [9.17, 15) is 4.21 Å². The number of hydrogen-bond donors (Lipinski definition) is 0. The molecule has 1 unspecified atom stereocenters. The monoisotopic (exact) mass is 276 g/mol. The molecule has 3 nitrogen and oxygen atoms in total. The molecule has 0 amide bonds. The second kappa shape index (κ2) is 5.89. The van der Waals surface area contributed by atoms with Crippen molar-refractivity contribution in [1.82, 2.24) is 0 Å². The summed E-state index contributed by atoms with van der Waals surface area (Å²) >= 11 is 0. The van der Waals surface area contributed by atoms with Crippen molar-refractivity contribution < 1.29 is 13.7 Å². The minimum absolute atomic E-state index is 0.597. The highest BCUT2D eigenvalue weighted by Crippen LogP contribution is 2.30. The van der Waals surface area contributed by atoms with Gasteiger partial charge in [0, 0.05) is 11.0 Å². The van der Waals surface area contributed by atoms with Crippen LogP contribution in [0.4, 0.5) is 0 Å². The lowest BCUT2D eigenvalue weighted by atomic mass is 10.2. The second-order valence-electron chi connectivity index (χ2n) is 4.10. The molecule has 0 aliphatic heterocycles. The van der Waals surface area contributed by atoms with Gasteiger partial charge in [-0.2, -0.15) is 0 Å². The molecule has 0 N–H and O–H groups in total. The third-order valence-electron chi connectivity index (χ3n) is 2.81. The van der Waals surface area contributed by atoms with Crippen molar-refractivity contribution in [3.8, 4) is 11.5 Å². The zero-order chi connectivity index (χ0) is 13.8. The highest BCUT2D eigenvalue weighted by molar-refractivity contribution is 7.85. The van der Waals surface area contributed by atoms with Crippen molar-refractivity contribution in [2.45, 2.75) is 16.7 Å². The Bertz CT molecular complexity index is 591. The van der Waals surface area contributed by atoms with Gasteiger partial charge in [0.25, 0.3) is 0 Å². The van der Waals surface area contributed by atoms with E-state index in [1.165, 1.54) is 0 Å². The van der Waals surface area contributed by atoms with Gasteiger partial charge < -0.3 is 9.47 Å². The van der Waals surface area contributed by atoms with Gasteiger partial charge >= 0.3 is 0 Å². The summed E-state index contributed by atoms with van der Waals surface area (Å²) in [5, 5.41) is 0. The molecule has 0 bridgehead atoms. The van der Waals surface area contributed by atoms with Gasteiger partial charge in [0.2, 0.25) is 0 Å². The van der Waals surface area contributed by atoms with Crippen molar-refractivity contribution in [3.05, 3.63) is 48.0 Å². The van der Waals surface area contributed by atoms with Crippen LogP contribution in [0.25, 0.3) is 0 Å². The molecule has 0 aromatic heterocycles. The summed E-state index contributed by atoms with van der Waals surface area (Å²) < 4.78 is 23.0. The van der Waals surface area contributed by atoms with Crippen LogP contribution in [0.15, 0.2) is 52.3 Å². The minimum atomic E-state index is -1.28. The first-order chi connectivity index (χ1) is 9.15. The molecule has 0 aliphatic carbocycles. The summed E-state index contributed by atoms with van der Waals surface area (Å²) in [4.78, 5) is 1.36. The van der Waals surface area contributed by atoms with Gasteiger partial charge in [-0.3, -0.25) is 0 Å². The predicted octanol–water partition coefficient (Wildman–Crippen LogP) is 3.18. The second-order valence-corrected chi connectivity index (χ2v) is 5.55. The highest BCUT2D eigenvalue weighted by atomic mass is 32.2. The Balaban J connectivity index is 2.44. The lowest BCUT2D eigenvalue weighted by molar-refractivity contribution is 0.393. The van der Waals surface area contributed by atoms with E-state index in [0.717, 1.165) is 10.5 Å². The first kappa shape index (κ1) is 13.6. The Kier molecular flexibility index (Phi) is 4.22. The average Bonchev–Trinajstić information content (AvgIpc) is 2.46. The van der Waals surface area contributed by atoms with E-state index in [1.807, 2.05) is 31.2 Å². The molecule has 2 aromatic rings. The number of rotatable bonds is 4. The fourth-order valence-corrected chi connectivity index (χ4v) is 2.91.